The van der Waals surface area contributed by atoms with Crippen molar-refractivity contribution in [3.63, 3.8) is 0 Å². The molecule has 23 heavy (non-hydrogen) atoms. The maximum atomic E-state index is 13.1. The van der Waals surface area contributed by atoms with E-state index in [1.54, 1.807) is 7.05 Å². The van der Waals surface area contributed by atoms with Gasteiger partial charge in [-0.1, -0.05) is 0 Å². The first-order valence-electron chi connectivity index (χ1n) is 7.16. The molecule has 2 heterocycles. The SMILES string of the molecule is Cn1cnnc1NC(=O)Cn1nc(C(F)(F)F)c2c1CCCC2. The summed E-state index contributed by atoms with van der Waals surface area (Å²) in [6, 6.07) is 0. The highest BCUT2D eigenvalue weighted by molar-refractivity contribution is 5.88. The molecule has 0 spiro atoms. The molecule has 0 saturated carbocycles. The summed E-state index contributed by atoms with van der Waals surface area (Å²) in [7, 11) is 1.65. The second kappa shape index (κ2) is 5.67. The lowest BCUT2D eigenvalue weighted by molar-refractivity contribution is -0.142. The quantitative estimate of drug-likeness (QED) is 0.927. The molecule has 7 nitrogen and oxygen atoms in total. The summed E-state index contributed by atoms with van der Waals surface area (Å²) in [5.74, 6) is -0.266. The third kappa shape index (κ3) is 3.06. The topological polar surface area (TPSA) is 77.6 Å². The zero-order valence-corrected chi connectivity index (χ0v) is 12.4. The first-order chi connectivity index (χ1) is 10.9. The highest BCUT2D eigenvalue weighted by atomic mass is 19.4. The van der Waals surface area contributed by atoms with Crippen LogP contribution in [0.15, 0.2) is 6.33 Å². The zero-order valence-electron chi connectivity index (χ0n) is 12.4. The molecule has 1 aliphatic rings. The molecule has 2 aromatic rings. The molecule has 0 aromatic carbocycles. The third-order valence-corrected chi connectivity index (χ3v) is 3.78. The summed E-state index contributed by atoms with van der Waals surface area (Å²) in [5, 5.41) is 13.5. The fourth-order valence-electron chi connectivity index (χ4n) is 2.73. The number of aromatic nitrogens is 5. The van der Waals surface area contributed by atoms with Crippen LogP contribution in [-0.2, 0) is 37.4 Å². The van der Waals surface area contributed by atoms with Gasteiger partial charge in [-0.2, -0.15) is 18.3 Å². The second-order valence-electron chi connectivity index (χ2n) is 5.45. The fraction of sp³-hybridized carbons (Fsp3) is 0.538. The lowest BCUT2D eigenvalue weighted by Gasteiger charge is -2.14. The third-order valence-electron chi connectivity index (χ3n) is 3.78. The second-order valence-corrected chi connectivity index (χ2v) is 5.45. The molecule has 0 aliphatic heterocycles. The number of carbonyl (C=O) groups excluding carboxylic acids is 1. The Labute approximate surface area is 129 Å². The number of amides is 1. The standard InChI is InChI=1S/C13H15F3N6O/c1-21-7-17-19-12(21)18-10(23)6-22-9-5-3-2-4-8(9)11(20-22)13(14,15)16/h7H,2-6H2,1H3,(H,18,19,23). The molecule has 124 valence electrons. The van der Waals surface area contributed by atoms with E-state index >= 15 is 0 Å². The van der Waals surface area contributed by atoms with Gasteiger partial charge >= 0.3 is 6.18 Å². The molecular weight excluding hydrogens is 313 g/mol. The van der Waals surface area contributed by atoms with Gasteiger partial charge in [0.15, 0.2) is 5.69 Å². The van der Waals surface area contributed by atoms with E-state index in [1.807, 2.05) is 0 Å². The summed E-state index contributed by atoms with van der Waals surface area (Å²) in [6.45, 7) is -0.286. The van der Waals surface area contributed by atoms with Gasteiger partial charge in [0.1, 0.15) is 12.9 Å². The smallest absolute Gasteiger partial charge is 0.303 e. The largest absolute Gasteiger partial charge is 0.435 e. The highest BCUT2D eigenvalue weighted by Gasteiger charge is 2.39. The average Bonchev–Trinajstić information content (AvgIpc) is 3.04. The molecule has 1 amide bonds. The number of alkyl halides is 3. The number of anilines is 1. The molecule has 0 radical (unpaired) electrons. The summed E-state index contributed by atoms with van der Waals surface area (Å²) in [4.78, 5) is 12.0. The van der Waals surface area contributed by atoms with Crippen molar-refractivity contribution in [2.45, 2.75) is 38.4 Å². The summed E-state index contributed by atoms with van der Waals surface area (Å²) in [5.41, 5.74) is -0.162. The van der Waals surface area contributed by atoms with Crippen molar-refractivity contribution in [2.75, 3.05) is 5.32 Å². The van der Waals surface area contributed by atoms with Gasteiger partial charge < -0.3 is 4.57 Å². The van der Waals surface area contributed by atoms with Crippen molar-refractivity contribution in [3.8, 4) is 0 Å². The molecule has 0 bridgehead atoms. The number of nitrogens with zero attached hydrogens (tertiary/aromatic N) is 5. The van der Waals surface area contributed by atoms with Gasteiger partial charge in [0.05, 0.1) is 0 Å². The molecular formula is C13H15F3N6O. The minimum Gasteiger partial charge on any atom is -0.303 e. The van der Waals surface area contributed by atoms with E-state index in [0.717, 1.165) is 11.1 Å². The van der Waals surface area contributed by atoms with Crippen LogP contribution in [0.2, 0.25) is 0 Å². The number of aryl methyl sites for hydroxylation is 1. The molecule has 10 heteroatoms. The van der Waals surface area contributed by atoms with Crippen LogP contribution in [-0.4, -0.2) is 30.5 Å². The molecule has 0 fully saturated rings. The number of hydrogen-bond donors (Lipinski definition) is 1. The van der Waals surface area contributed by atoms with Crippen LogP contribution in [0.25, 0.3) is 0 Å². The number of carbonyl (C=O) groups is 1. The van der Waals surface area contributed by atoms with Gasteiger partial charge in [-0.05, 0) is 25.7 Å². The predicted octanol–water partition coefficient (Wildman–Crippen LogP) is 1.55. The van der Waals surface area contributed by atoms with E-state index in [2.05, 4.69) is 20.6 Å². The van der Waals surface area contributed by atoms with E-state index < -0.39 is 17.8 Å². The van der Waals surface area contributed by atoms with Crippen LogP contribution in [0.5, 0.6) is 0 Å². The maximum Gasteiger partial charge on any atom is 0.435 e. The van der Waals surface area contributed by atoms with Crippen LogP contribution in [0, 0.1) is 0 Å². The average molecular weight is 328 g/mol. The molecule has 1 aliphatic carbocycles. The number of fused-ring (bicyclic) bond motifs is 1. The van der Waals surface area contributed by atoms with Crippen molar-refractivity contribution in [3.05, 3.63) is 23.3 Å². The van der Waals surface area contributed by atoms with Gasteiger partial charge in [0.25, 0.3) is 0 Å². The van der Waals surface area contributed by atoms with Crippen LogP contribution in [0.4, 0.5) is 19.1 Å². The Morgan fingerprint density at radius 1 is 1.35 bits per heavy atom. The van der Waals surface area contributed by atoms with Crippen molar-refractivity contribution in [1.82, 2.24) is 24.5 Å². The lowest BCUT2D eigenvalue weighted by atomic mass is 9.95. The highest BCUT2D eigenvalue weighted by Crippen LogP contribution is 2.35. The van der Waals surface area contributed by atoms with Gasteiger partial charge in [-0.15, -0.1) is 10.2 Å². The molecule has 1 N–H and O–H groups in total. The van der Waals surface area contributed by atoms with Crippen LogP contribution >= 0.6 is 0 Å². The maximum absolute atomic E-state index is 13.1. The Morgan fingerprint density at radius 3 is 2.74 bits per heavy atom. The minimum absolute atomic E-state index is 0.218. The summed E-state index contributed by atoms with van der Waals surface area (Å²) < 4.78 is 41.9. The molecule has 0 atom stereocenters. The summed E-state index contributed by atoms with van der Waals surface area (Å²) >= 11 is 0. The van der Waals surface area contributed by atoms with Crippen LogP contribution in [0.3, 0.4) is 0 Å². The van der Waals surface area contributed by atoms with E-state index in [9.17, 15) is 18.0 Å². The van der Waals surface area contributed by atoms with Crippen molar-refractivity contribution in [1.29, 1.82) is 0 Å². The van der Waals surface area contributed by atoms with Crippen LogP contribution < -0.4 is 5.32 Å². The van der Waals surface area contributed by atoms with Gasteiger partial charge in [-0.25, -0.2) is 0 Å². The van der Waals surface area contributed by atoms with Gasteiger partial charge in [0.2, 0.25) is 11.9 Å². The first kappa shape index (κ1) is 15.5. The van der Waals surface area contributed by atoms with Gasteiger partial charge in [0, 0.05) is 18.3 Å². The van der Waals surface area contributed by atoms with E-state index in [0.29, 0.717) is 25.0 Å². The summed E-state index contributed by atoms with van der Waals surface area (Å²) in [6.07, 6.45) is -0.765. The Bertz CT molecular complexity index is 733. The van der Waals surface area contributed by atoms with Crippen molar-refractivity contribution in [2.24, 2.45) is 7.05 Å². The minimum atomic E-state index is -4.51. The molecule has 0 unspecified atom stereocenters. The fourth-order valence-corrected chi connectivity index (χ4v) is 2.73. The van der Waals surface area contributed by atoms with E-state index in [4.69, 9.17) is 0 Å². The van der Waals surface area contributed by atoms with Crippen molar-refractivity contribution < 1.29 is 18.0 Å². The normalized spacial score (nSPS) is 14.6. The molecule has 2 aromatic heterocycles. The number of halogens is 3. The number of hydrogen-bond acceptors (Lipinski definition) is 4. The predicted molar refractivity (Wildman–Crippen MR) is 73.5 cm³/mol. The first-order valence-corrected chi connectivity index (χ1v) is 7.16. The van der Waals surface area contributed by atoms with Crippen molar-refractivity contribution >= 4 is 11.9 Å². The Balaban J connectivity index is 1.84. The number of nitrogens with one attached hydrogen (secondary N) is 1. The molecule has 3 rings (SSSR count). The van der Waals surface area contributed by atoms with Gasteiger partial charge in [-0.3, -0.25) is 14.8 Å². The Morgan fingerprint density at radius 2 is 2.09 bits per heavy atom. The monoisotopic (exact) mass is 328 g/mol. The van der Waals surface area contributed by atoms with E-state index in [-0.39, 0.29) is 18.1 Å². The number of rotatable bonds is 3. The Hall–Kier alpha value is -2.39. The molecule has 0 saturated heterocycles. The lowest BCUT2D eigenvalue weighted by Crippen LogP contribution is -2.23. The van der Waals surface area contributed by atoms with E-state index in [1.165, 1.54) is 10.9 Å². The van der Waals surface area contributed by atoms with Crippen LogP contribution in [0.1, 0.15) is 29.8 Å². The zero-order chi connectivity index (χ0) is 16.6. The Kier molecular flexibility index (Phi) is 3.82.